The van der Waals surface area contributed by atoms with Gasteiger partial charge in [0, 0.05) is 6.54 Å². The molecular formula is C16H22N6O3. The van der Waals surface area contributed by atoms with Crippen LogP contribution in [0.3, 0.4) is 0 Å². The fraction of sp³-hybridized carbons (Fsp3) is 0.438. The topological polar surface area (TPSA) is 111 Å². The quantitative estimate of drug-likeness (QED) is 0.650. The summed E-state index contributed by atoms with van der Waals surface area (Å²) in [6.07, 6.45) is 0.671. The predicted octanol–water partition coefficient (Wildman–Crippen LogP) is 0.922. The van der Waals surface area contributed by atoms with E-state index in [9.17, 15) is 9.59 Å². The summed E-state index contributed by atoms with van der Waals surface area (Å²) in [7, 11) is 0. The van der Waals surface area contributed by atoms with Crippen LogP contribution in [0.4, 0.5) is 5.95 Å². The maximum Gasteiger partial charge on any atom is 0.307 e. The van der Waals surface area contributed by atoms with Crippen LogP contribution >= 0.6 is 0 Å². The SMILES string of the molecule is CCOC(=O)CCNC(=O)[C@@H](CC)Nc1nnnn1-c1ccccc1. The molecule has 0 saturated heterocycles. The molecule has 0 aliphatic rings. The number of carbonyl (C=O) groups is 2. The molecule has 2 N–H and O–H groups in total. The summed E-state index contributed by atoms with van der Waals surface area (Å²) in [6, 6.07) is 8.85. The first-order valence-electron chi connectivity index (χ1n) is 8.19. The third-order valence-corrected chi connectivity index (χ3v) is 3.43. The van der Waals surface area contributed by atoms with Gasteiger partial charge in [0.05, 0.1) is 18.7 Å². The summed E-state index contributed by atoms with van der Waals surface area (Å²) in [5.41, 5.74) is 0.785. The van der Waals surface area contributed by atoms with E-state index in [0.29, 0.717) is 19.0 Å². The number of anilines is 1. The van der Waals surface area contributed by atoms with Gasteiger partial charge in [0.25, 0.3) is 0 Å². The highest BCUT2D eigenvalue weighted by Crippen LogP contribution is 2.12. The summed E-state index contributed by atoms with van der Waals surface area (Å²) >= 11 is 0. The van der Waals surface area contributed by atoms with Gasteiger partial charge in [-0.25, -0.2) is 0 Å². The van der Waals surface area contributed by atoms with Gasteiger partial charge in [-0.05, 0) is 35.9 Å². The zero-order valence-electron chi connectivity index (χ0n) is 14.3. The first-order valence-corrected chi connectivity index (χ1v) is 8.19. The van der Waals surface area contributed by atoms with E-state index in [4.69, 9.17) is 4.74 Å². The summed E-state index contributed by atoms with van der Waals surface area (Å²) in [6.45, 7) is 4.16. The lowest BCUT2D eigenvalue weighted by molar-refractivity contribution is -0.143. The Kier molecular flexibility index (Phi) is 6.87. The Hall–Kier alpha value is -2.97. The number of ether oxygens (including phenoxy) is 1. The first kappa shape index (κ1) is 18.4. The van der Waals surface area contributed by atoms with E-state index in [1.165, 1.54) is 4.68 Å². The minimum absolute atomic E-state index is 0.137. The van der Waals surface area contributed by atoms with E-state index in [2.05, 4.69) is 26.2 Å². The third kappa shape index (κ3) is 5.27. The molecule has 1 aromatic carbocycles. The molecule has 1 heterocycles. The standard InChI is InChI=1S/C16H22N6O3/c1-3-13(15(24)17-11-10-14(23)25-4-2)18-16-19-20-21-22(16)12-8-6-5-7-9-12/h5-9,13H,3-4,10-11H2,1-2H3,(H,17,24)(H,18,19,21)/t13-/m1/s1. The molecule has 0 saturated carbocycles. The summed E-state index contributed by atoms with van der Waals surface area (Å²) in [5, 5.41) is 17.3. The molecule has 0 fully saturated rings. The van der Waals surface area contributed by atoms with Gasteiger partial charge in [-0.3, -0.25) is 9.59 Å². The fourth-order valence-corrected chi connectivity index (χ4v) is 2.17. The van der Waals surface area contributed by atoms with Crippen molar-refractivity contribution in [2.45, 2.75) is 32.7 Å². The van der Waals surface area contributed by atoms with Crippen molar-refractivity contribution in [2.24, 2.45) is 0 Å². The number of carbonyl (C=O) groups excluding carboxylic acids is 2. The van der Waals surface area contributed by atoms with Crippen LogP contribution in [0.2, 0.25) is 0 Å². The maximum absolute atomic E-state index is 12.3. The van der Waals surface area contributed by atoms with Gasteiger partial charge in [0.1, 0.15) is 6.04 Å². The zero-order chi connectivity index (χ0) is 18.1. The van der Waals surface area contributed by atoms with E-state index >= 15 is 0 Å². The highest BCUT2D eigenvalue weighted by Gasteiger charge is 2.19. The van der Waals surface area contributed by atoms with Crippen molar-refractivity contribution in [2.75, 3.05) is 18.5 Å². The van der Waals surface area contributed by atoms with Crippen LogP contribution in [0.5, 0.6) is 0 Å². The largest absolute Gasteiger partial charge is 0.466 e. The van der Waals surface area contributed by atoms with Crippen LogP contribution in [0.25, 0.3) is 5.69 Å². The molecule has 0 aliphatic carbocycles. The number of rotatable bonds is 9. The van der Waals surface area contributed by atoms with E-state index in [1.54, 1.807) is 6.92 Å². The smallest absolute Gasteiger partial charge is 0.307 e. The second kappa shape index (κ2) is 9.36. The Morgan fingerprint density at radius 1 is 1.24 bits per heavy atom. The number of nitrogens with zero attached hydrogens (tertiary/aromatic N) is 4. The van der Waals surface area contributed by atoms with Crippen LogP contribution in [-0.2, 0) is 14.3 Å². The third-order valence-electron chi connectivity index (χ3n) is 3.43. The molecular weight excluding hydrogens is 324 g/mol. The summed E-state index contributed by atoms with van der Waals surface area (Å²) < 4.78 is 6.35. The molecule has 9 nitrogen and oxygen atoms in total. The van der Waals surface area contributed by atoms with Gasteiger partial charge >= 0.3 is 5.97 Å². The monoisotopic (exact) mass is 346 g/mol. The number of aromatic nitrogens is 4. The lowest BCUT2D eigenvalue weighted by Gasteiger charge is -2.17. The molecule has 2 aromatic rings. The molecule has 25 heavy (non-hydrogen) atoms. The van der Waals surface area contributed by atoms with Crippen molar-refractivity contribution >= 4 is 17.8 Å². The molecule has 0 bridgehead atoms. The Morgan fingerprint density at radius 3 is 2.68 bits per heavy atom. The van der Waals surface area contributed by atoms with Crippen LogP contribution in [0.15, 0.2) is 30.3 Å². The molecule has 1 amide bonds. The maximum atomic E-state index is 12.3. The van der Waals surface area contributed by atoms with Crippen molar-refractivity contribution < 1.29 is 14.3 Å². The number of tetrazole rings is 1. The predicted molar refractivity (Wildman–Crippen MR) is 91.1 cm³/mol. The number of para-hydroxylation sites is 1. The molecule has 2 rings (SSSR count). The zero-order valence-corrected chi connectivity index (χ0v) is 14.3. The average Bonchev–Trinajstić information content (AvgIpc) is 3.08. The second-order valence-corrected chi connectivity index (χ2v) is 5.20. The van der Waals surface area contributed by atoms with Crippen molar-refractivity contribution in [3.8, 4) is 5.69 Å². The van der Waals surface area contributed by atoms with Crippen molar-refractivity contribution in [3.63, 3.8) is 0 Å². The number of nitrogens with one attached hydrogen (secondary N) is 2. The normalized spacial score (nSPS) is 11.6. The molecule has 9 heteroatoms. The van der Waals surface area contributed by atoms with Gasteiger partial charge in [0.15, 0.2) is 0 Å². The lowest BCUT2D eigenvalue weighted by Crippen LogP contribution is -2.40. The Bertz CT molecular complexity index is 688. The fourth-order valence-electron chi connectivity index (χ4n) is 2.17. The van der Waals surface area contributed by atoms with E-state index in [1.807, 2.05) is 37.3 Å². The van der Waals surface area contributed by atoms with Crippen molar-refractivity contribution in [1.29, 1.82) is 0 Å². The summed E-state index contributed by atoms with van der Waals surface area (Å²) in [4.78, 5) is 23.6. The highest BCUT2D eigenvalue weighted by atomic mass is 16.5. The number of hydrogen-bond donors (Lipinski definition) is 2. The van der Waals surface area contributed by atoms with Gasteiger partial charge < -0.3 is 15.4 Å². The van der Waals surface area contributed by atoms with Crippen LogP contribution in [0, 0.1) is 0 Å². The molecule has 0 aliphatic heterocycles. The van der Waals surface area contributed by atoms with E-state index < -0.39 is 6.04 Å². The van der Waals surface area contributed by atoms with Crippen LogP contribution < -0.4 is 10.6 Å². The molecule has 1 aromatic heterocycles. The molecule has 134 valence electrons. The van der Waals surface area contributed by atoms with Gasteiger partial charge in [-0.2, -0.15) is 4.68 Å². The summed E-state index contributed by atoms with van der Waals surface area (Å²) in [5.74, 6) is -0.190. The van der Waals surface area contributed by atoms with Gasteiger partial charge in [-0.1, -0.05) is 30.2 Å². The van der Waals surface area contributed by atoms with Gasteiger partial charge in [-0.15, -0.1) is 0 Å². The molecule has 0 spiro atoms. The first-order chi connectivity index (χ1) is 12.2. The molecule has 1 atom stereocenters. The van der Waals surface area contributed by atoms with E-state index in [-0.39, 0.29) is 24.8 Å². The number of hydrogen-bond acceptors (Lipinski definition) is 7. The van der Waals surface area contributed by atoms with Crippen LogP contribution in [-0.4, -0.2) is 51.3 Å². The van der Waals surface area contributed by atoms with Crippen molar-refractivity contribution in [3.05, 3.63) is 30.3 Å². The van der Waals surface area contributed by atoms with Gasteiger partial charge in [0.2, 0.25) is 11.9 Å². The average molecular weight is 346 g/mol. The number of benzene rings is 1. The Balaban J connectivity index is 1.95. The van der Waals surface area contributed by atoms with E-state index in [0.717, 1.165) is 5.69 Å². The second-order valence-electron chi connectivity index (χ2n) is 5.20. The van der Waals surface area contributed by atoms with Crippen molar-refractivity contribution in [1.82, 2.24) is 25.5 Å². The molecule has 0 unspecified atom stereocenters. The minimum atomic E-state index is -0.518. The Morgan fingerprint density at radius 2 is 2.00 bits per heavy atom. The molecule has 0 radical (unpaired) electrons. The highest BCUT2D eigenvalue weighted by molar-refractivity contribution is 5.84. The van der Waals surface area contributed by atoms with Crippen LogP contribution in [0.1, 0.15) is 26.7 Å². The lowest BCUT2D eigenvalue weighted by atomic mass is 10.2. The Labute approximate surface area is 145 Å². The minimum Gasteiger partial charge on any atom is -0.466 e. The number of amides is 1. The number of esters is 1.